The molecule has 0 bridgehead atoms. The van der Waals surface area contributed by atoms with Gasteiger partial charge in [-0.3, -0.25) is 9.63 Å². The normalized spacial score (nSPS) is 13.9. The van der Waals surface area contributed by atoms with E-state index < -0.39 is 0 Å². The molecule has 0 aromatic rings. The van der Waals surface area contributed by atoms with E-state index in [0.29, 0.717) is 18.9 Å². The third kappa shape index (κ3) is 9.93. The molecule has 1 atom stereocenters. The van der Waals surface area contributed by atoms with Crippen LogP contribution in [0.25, 0.3) is 0 Å². The monoisotopic (exact) mass is 230 g/mol. The van der Waals surface area contributed by atoms with Crippen molar-refractivity contribution < 1.29 is 9.63 Å². The third-order valence-electron chi connectivity index (χ3n) is 1.92. The first kappa shape index (κ1) is 15.4. The first-order chi connectivity index (χ1) is 7.20. The Morgan fingerprint density at radius 2 is 1.94 bits per heavy atom. The predicted molar refractivity (Wildman–Crippen MR) is 65.6 cm³/mol. The highest BCUT2D eigenvalue weighted by atomic mass is 16.6. The second-order valence-corrected chi connectivity index (χ2v) is 5.96. The van der Waals surface area contributed by atoms with Gasteiger partial charge in [-0.15, -0.1) is 0 Å². The molecule has 96 valence electrons. The lowest BCUT2D eigenvalue weighted by atomic mass is 9.87. The molecule has 0 aromatic carbocycles. The summed E-state index contributed by atoms with van der Waals surface area (Å²) in [5, 5.41) is 0. The molecule has 4 heteroatoms. The quantitative estimate of drug-likeness (QED) is 0.684. The van der Waals surface area contributed by atoms with Crippen molar-refractivity contribution in [1.29, 1.82) is 0 Å². The number of carbonyl (C=O) groups excluding carboxylic acids is 1. The van der Waals surface area contributed by atoms with Crippen LogP contribution in [-0.2, 0) is 9.63 Å². The maximum Gasteiger partial charge on any atom is 0.245 e. The molecule has 0 aliphatic carbocycles. The van der Waals surface area contributed by atoms with Gasteiger partial charge in [0, 0.05) is 12.5 Å². The second-order valence-electron chi connectivity index (χ2n) is 5.96. The smallest absolute Gasteiger partial charge is 0.245 e. The summed E-state index contributed by atoms with van der Waals surface area (Å²) in [6, 6.07) is -0.109. The lowest BCUT2D eigenvalue weighted by molar-refractivity contribution is -0.134. The van der Waals surface area contributed by atoms with Crippen molar-refractivity contribution in [1.82, 2.24) is 5.48 Å². The van der Waals surface area contributed by atoms with Gasteiger partial charge in [0.25, 0.3) is 0 Å². The van der Waals surface area contributed by atoms with Gasteiger partial charge in [0.05, 0.1) is 6.61 Å². The van der Waals surface area contributed by atoms with Crippen molar-refractivity contribution in [2.24, 2.45) is 17.1 Å². The Balaban J connectivity index is 3.71. The summed E-state index contributed by atoms with van der Waals surface area (Å²) in [6.07, 6.45) is 1.14. The van der Waals surface area contributed by atoms with Crippen LogP contribution in [0.15, 0.2) is 0 Å². The first-order valence-electron chi connectivity index (χ1n) is 5.87. The van der Waals surface area contributed by atoms with Crippen LogP contribution >= 0.6 is 0 Å². The Morgan fingerprint density at radius 1 is 1.38 bits per heavy atom. The summed E-state index contributed by atoms with van der Waals surface area (Å²) in [7, 11) is 0. The molecule has 1 amide bonds. The lowest BCUT2D eigenvalue weighted by Gasteiger charge is -2.22. The van der Waals surface area contributed by atoms with Gasteiger partial charge in [-0.05, 0) is 17.8 Å². The van der Waals surface area contributed by atoms with Gasteiger partial charge in [-0.25, -0.2) is 5.48 Å². The number of nitrogens with one attached hydrogen (secondary N) is 1. The van der Waals surface area contributed by atoms with E-state index >= 15 is 0 Å². The van der Waals surface area contributed by atoms with Crippen molar-refractivity contribution >= 4 is 5.91 Å². The third-order valence-corrected chi connectivity index (χ3v) is 1.92. The van der Waals surface area contributed by atoms with Gasteiger partial charge < -0.3 is 5.73 Å². The maximum absolute atomic E-state index is 11.4. The highest BCUT2D eigenvalue weighted by molar-refractivity contribution is 5.75. The van der Waals surface area contributed by atoms with E-state index in [9.17, 15) is 4.79 Å². The van der Waals surface area contributed by atoms with Gasteiger partial charge >= 0.3 is 0 Å². The van der Waals surface area contributed by atoms with Gasteiger partial charge in [0.1, 0.15) is 0 Å². The summed E-state index contributed by atoms with van der Waals surface area (Å²) < 4.78 is 0. The molecule has 0 aliphatic rings. The largest absolute Gasteiger partial charge is 0.327 e. The van der Waals surface area contributed by atoms with Gasteiger partial charge in [0.2, 0.25) is 5.91 Å². The van der Waals surface area contributed by atoms with Crippen molar-refractivity contribution in [3.8, 4) is 0 Å². The molecule has 0 rings (SSSR count). The van der Waals surface area contributed by atoms with Crippen LogP contribution in [0.1, 0.15) is 47.5 Å². The molecule has 0 aromatic heterocycles. The highest BCUT2D eigenvalue weighted by Gasteiger charge is 2.18. The van der Waals surface area contributed by atoms with E-state index in [2.05, 4.69) is 26.3 Å². The van der Waals surface area contributed by atoms with E-state index in [1.807, 2.05) is 13.8 Å². The molecule has 3 N–H and O–H groups in total. The fourth-order valence-electron chi connectivity index (χ4n) is 1.43. The van der Waals surface area contributed by atoms with E-state index in [1.54, 1.807) is 0 Å². The zero-order valence-electron chi connectivity index (χ0n) is 11.2. The second kappa shape index (κ2) is 6.86. The molecule has 0 aliphatic heterocycles. The average Bonchev–Trinajstić information content (AvgIpc) is 1.98. The molecule has 4 nitrogen and oxygen atoms in total. The van der Waals surface area contributed by atoms with E-state index in [4.69, 9.17) is 10.6 Å². The highest BCUT2D eigenvalue weighted by Crippen LogP contribution is 2.20. The number of nitrogens with two attached hydrogens (primary N) is 1. The summed E-state index contributed by atoms with van der Waals surface area (Å²) in [5.74, 6) is 0.265. The zero-order valence-corrected chi connectivity index (χ0v) is 11.2. The SMILES string of the molecule is CC(C)CONC(=O)CC(N)CC(C)(C)C. The Hall–Kier alpha value is -0.610. The minimum Gasteiger partial charge on any atom is -0.327 e. The minimum absolute atomic E-state index is 0.109. The number of hydrogen-bond acceptors (Lipinski definition) is 3. The molecule has 16 heavy (non-hydrogen) atoms. The van der Waals surface area contributed by atoms with Gasteiger partial charge in [0.15, 0.2) is 0 Å². The van der Waals surface area contributed by atoms with Crippen LogP contribution in [0.2, 0.25) is 0 Å². The van der Waals surface area contributed by atoms with Crippen LogP contribution in [0.3, 0.4) is 0 Å². The lowest BCUT2D eigenvalue weighted by Crippen LogP contribution is -2.34. The van der Waals surface area contributed by atoms with Gasteiger partial charge in [-0.2, -0.15) is 0 Å². The molecule has 0 saturated carbocycles. The maximum atomic E-state index is 11.4. The van der Waals surface area contributed by atoms with Crippen molar-refractivity contribution in [2.75, 3.05) is 6.61 Å². The zero-order chi connectivity index (χ0) is 12.8. The molecule has 0 radical (unpaired) electrons. The summed E-state index contributed by atoms with van der Waals surface area (Å²) in [4.78, 5) is 16.4. The van der Waals surface area contributed by atoms with Crippen LogP contribution in [0, 0.1) is 11.3 Å². The molecular formula is C12H26N2O2. The Kier molecular flexibility index (Phi) is 6.60. The number of hydrogen-bond donors (Lipinski definition) is 2. The Morgan fingerprint density at radius 3 is 2.38 bits per heavy atom. The van der Waals surface area contributed by atoms with Crippen molar-refractivity contribution in [3.05, 3.63) is 0 Å². The number of carbonyl (C=O) groups is 1. The molecular weight excluding hydrogens is 204 g/mol. The molecule has 0 fully saturated rings. The molecule has 0 spiro atoms. The Bertz CT molecular complexity index is 210. The fraction of sp³-hybridized carbons (Fsp3) is 0.917. The van der Waals surface area contributed by atoms with E-state index in [0.717, 1.165) is 6.42 Å². The molecule has 0 heterocycles. The van der Waals surface area contributed by atoms with Crippen LogP contribution in [0.5, 0.6) is 0 Å². The topological polar surface area (TPSA) is 64.3 Å². The fourth-order valence-corrected chi connectivity index (χ4v) is 1.43. The first-order valence-corrected chi connectivity index (χ1v) is 5.87. The Labute approximate surface area is 98.9 Å². The van der Waals surface area contributed by atoms with E-state index in [1.165, 1.54) is 0 Å². The number of hydroxylamine groups is 1. The van der Waals surface area contributed by atoms with Crippen LogP contribution in [0.4, 0.5) is 0 Å². The molecule has 1 unspecified atom stereocenters. The number of amides is 1. The van der Waals surface area contributed by atoms with Crippen molar-refractivity contribution in [3.63, 3.8) is 0 Å². The van der Waals surface area contributed by atoms with Gasteiger partial charge in [-0.1, -0.05) is 34.6 Å². The summed E-state index contributed by atoms with van der Waals surface area (Å²) in [5.41, 5.74) is 8.44. The van der Waals surface area contributed by atoms with Crippen molar-refractivity contribution in [2.45, 2.75) is 53.5 Å². The number of rotatable bonds is 6. The standard InChI is InChI=1S/C12H26N2O2/c1-9(2)8-16-14-11(15)6-10(13)7-12(3,4)5/h9-10H,6-8,13H2,1-5H3,(H,14,15). The van der Waals surface area contributed by atoms with Crippen LogP contribution < -0.4 is 11.2 Å². The summed E-state index contributed by atoms with van der Waals surface area (Å²) >= 11 is 0. The average molecular weight is 230 g/mol. The van der Waals surface area contributed by atoms with E-state index in [-0.39, 0.29) is 17.4 Å². The molecule has 0 saturated heterocycles. The predicted octanol–water partition coefficient (Wildman–Crippen LogP) is 1.84. The van der Waals surface area contributed by atoms with Crippen LogP contribution in [-0.4, -0.2) is 18.6 Å². The minimum atomic E-state index is -0.141. The summed E-state index contributed by atoms with van der Waals surface area (Å²) in [6.45, 7) is 10.9.